The second-order valence-electron chi connectivity index (χ2n) is 7.51. The Hall–Kier alpha value is -3.12. The molecule has 0 unspecified atom stereocenters. The van der Waals surface area contributed by atoms with Crippen LogP contribution >= 0.6 is 0 Å². The van der Waals surface area contributed by atoms with Gasteiger partial charge in [0.15, 0.2) is 0 Å². The van der Waals surface area contributed by atoms with Gasteiger partial charge in [-0.05, 0) is 60.6 Å². The zero-order valence-corrected chi connectivity index (χ0v) is 20.3. The van der Waals surface area contributed by atoms with Gasteiger partial charge in [0.2, 0.25) is 0 Å². The molecule has 0 bridgehead atoms. The second kappa shape index (κ2) is 17.5. The molecule has 0 atom stereocenters. The molecule has 0 aliphatic heterocycles. The van der Waals surface area contributed by atoms with Crippen molar-refractivity contribution in [2.75, 3.05) is 0 Å². The zero-order valence-electron chi connectivity index (χ0n) is 20.3. The molecule has 0 amide bonds. The van der Waals surface area contributed by atoms with E-state index < -0.39 is 0 Å². The largest absolute Gasteiger partial charge is 0.343 e. The molecule has 0 aliphatic rings. The Morgan fingerprint density at radius 1 is 0.812 bits per heavy atom. The van der Waals surface area contributed by atoms with Crippen LogP contribution in [0.1, 0.15) is 68.7 Å². The molecule has 3 nitrogen and oxygen atoms in total. The molecule has 2 aromatic carbocycles. The van der Waals surface area contributed by atoms with Crippen LogP contribution in [-0.4, -0.2) is 18.1 Å². The third kappa shape index (κ3) is 8.94. The van der Waals surface area contributed by atoms with E-state index in [9.17, 15) is 0 Å². The van der Waals surface area contributed by atoms with Crippen molar-refractivity contribution in [3.8, 4) is 12.3 Å². The first-order chi connectivity index (χ1) is 15.6. The van der Waals surface area contributed by atoms with E-state index in [4.69, 9.17) is 16.0 Å². The number of unbranched alkanes of at least 4 members (excludes halogenated alkanes) is 1. The number of rotatable bonds is 7. The average Bonchev–Trinajstić information content (AvgIpc) is 3.24. The molecule has 172 valence electrons. The number of benzene rings is 2. The van der Waals surface area contributed by atoms with Crippen LogP contribution in [0.25, 0.3) is 10.9 Å². The van der Waals surface area contributed by atoms with Crippen molar-refractivity contribution in [1.82, 2.24) is 4.57 Å². The van der Waals surface area contributed by atoms with Crippen LogP contribution in [0, 0.1) is 19.3 Å². The summed E-state index contributed by atoms with van der Waals surface area (Å²) in [5, 5.41) is 1.43. The van der Waals surface area contributed by atoms with Crippen LogP contribution in [0.2, 0.25) is 0 Å². The lowest BCUT2D eigenvalue weighted by Gasteiger charge is -2.10. The minimum Gasteiger partial charge on any atom is -0.343 e. The van der Waals surface area contributed by atoms with E-state index in [1.807, 2.05) is 13.6 Å². The van der Waals surface area contributed by atoms with Crippen molar-refractivity contribution in [1.29, 1.82) is 0 Å². The molecular formula is C29H39NO2. The van der Waals surface area contributed by atoms with E-state index in [2.05, 4.69) is 86.8 Å². The summed E-state index contributed by atoms with van der Waals surface area (Å²) in [4.78, 5) is 16.0. The van der Waals surface area contributed by atoms with Crippen LogP contribution in [0.4, 0.5) is 0 Å². The fourth-order valence-corrected chi connectivity index (χ4v) is 3.60. The standard InChI is InChI=1S/C22H27N.C5H8.2CH2O/c1-4-6-18-9-11-19(12-10-18)16-23-15-14-21-20(7-5-2)17(3)8-13-22(21)23;1-3-5-4-2;2*1-2/h8-15H,4-7,16H2,1-3H3;1H,4-5H2,2H3;2*1H2. The maximum absolute atomic E-state index is 8.00. The van der Waals surface area contributed by atoms with Gasteiger partial charge in [0, 0.05) is 30.1 Å². The summed E-state index contributed by atoms with van der Waals surface area (Å²) in [5.74, 6) is 2.52. The highest BCUT2D eigenvalue weighted by atomic mass is 16.1. The van der Waals surface area contributed by atoms with Gasteiger partial charge in [-0.1, -0.05) is 63.9 Å². The Morgan fingerprint density at radius 3 is 1.91 bits per heavy atom. The molecule has 0 radical (unpaired) electrons. The number of fused-ring (bicyclic) bond motifs is 1. The van der Waals surface area contributed by atoms with Crippen molar-refractivity contribution in [3.63, 3.8) is 0 Å². The number of carbonyl (C=O) groups is 2. The van der Waals surface area contributed by atoms with Gasteiger partial charge in [0.25, 0.3) is 0 Å². The molecule has 0 spiro atoms. The molecule has 3 aromatic rings. The highest BCUT2D eigenvalue weighted by Gasteiger charge is 2.08. The molecule has 0 saturated heterocycles. The van der Waals surface area contributed by atoms with Crippen molar-refractivity contribution in [2.24, 2.45) is 0 Å². The van der Waals surface area contributed by atoms with Crippen LogP contribution in [0.5, 0.6) is 0 Å². The van der Waals surface area contributed by atoms with E-state index in [0.717, 1.165) is 19.4 Å². The molecule has 1 aromatic heterocycles. The Kier molecular flexibility index (Phi) is 15.8. The first-order valence-electron chi connectivity index (χ1n) is 11.3. The van der Waals surface area contributed by atoms with Crippen molar-refractivity contribution in [3.05, 3.63) is 70.9 Å². The van der Waals surface area contributed by atoms with Gasteiger partial charge in [-0.2, -0.15) is 0 Å². The lowest BCUT2D eigenvalue weighted by atomic mass is 10.00. The normalized spacial score (nSPS) is 9.34. The molecule has 0 aliphatic carbocycles. The highest BCUT2D eigenvalue weighted by molar-refractivity contribution is 5.85. The van der Waals surface area contributed by atoms with Gasteiger partial charge in [-0.25, -0.2) is 0 Å². The highest BCUT2D eigenvalue weighted by Crippen LogP contribution is 2.25. The van der Waals surface area contributed by atoms with Gasteiger partial charge >= 0.3 is 0 Å². The van der Waals surface area contributed by atoms with Crippen LogP contribution in [0.15, 0.2) is 48.7 Å². The minimum absolute atomic E-state index is 0.917. The van der Waals surface area contributed by atoms with Gasteiger partial charge < -0.3 is 14.2 Å². The lowest BCUT2D eigenvalue weighted by Crippen LogP contribution is -1.99. The quantitative estimate of drug-likeness (QED) is 0.378. The summed E-state index contributed by atoms with van der Waals surface area (Å²) in [6, 6.07) is 15.9. The molecule has 3 heteroatoms. The van der Waals surface area contributed by atoms with Crippen molar-refractivity contribution >= 4 is 24.5 Å². The monoisotopic (exact) mass is 433 g/mol. The van der Waals surface area contributed by atoms with Crippen LogP contribution in [-0.2, 0) is 29.0 Å². The molecule has 32 heavy (non-hydrogen) atoms. The Bertz CT molecular complexity index is 930. The van der Waals surface area contributed by atoms with E-state index in [1.165, 1.54) is 58.8 Å². The number of aryl methyl sites for hydroxylation is 3. The molecule has 1 heterocycles. The lowest BCUT2D eigenvalue weighted by molar-refractivity contribution is -0.0987. The van der Waals surface area contributed by atoms with Gasteiger partial charge in [0.05, 0.1) is 0 Å². The SMILES string of the molecule is C#CCCC.C=O.C=O.CCCc1ccc(Cn2ccc3c(CCC)c(C)ccc32)cc1. The number of nitrogens with zero attached hydrogens (tertiary/aromatic N) is 1. The second-order valence-corrected chi connectivity index (χ2v) is 7.51. The zero-order chi connectivity index (χ0) is 24.4. The third-order valence-corrected chi connectivity index (χ3v) is 5.11. The summed E-state index contributed by atoms with van der Waals surface area (Å²) in [7, 11) is 0. The average molecular weight is 434 g/mol. The fourth-order valence-electron chi connectivity index (χ4n) is 3.60. The summed E-state index contributed by atoms with van der Waals surface area (Å²) < 4.78 is 2.38. The third-order valence-electron chi connectivity index (χ3n) is 5.11. The summed E-state index contributed by atoms with van der Waals surface area (Å²) in [6.07, 6.45) is 13.9. The smallest absolute Gasteiger partial charge is 0.106 e. The summed E-state index contributed by atoms with van der Waals surface area (Å²) >= 11 is 0. The fraction of sp³-hybridized carbons (Fsp3) is 0.379. The Labute approximate surface area is 194 Å². The maximum Gasteiger partial charge on any atom is 0.106 e. The van der Waals surface area contributed by atoms with Gasteiger partial charge in [-0.3, -0.25) is 0 Å². The van der Waals surface area contributed by atoms with Gasteiger partial charge in [0.1, 0.15) is 13.6 Å². The topological polar surface area (TPSA) is 39.1 Å². The predicted molar refractivity (Wildman–Crippen MR) is 138 cm³/mol. The molecule has 0 fully saturated rings. The summed E-state index contributed by atoms with van der Waals surface area (Å²) in [6.45, 7) is 13.7. The first-order valence-corrected chi connectivity index (χ1v) is 11.3. The van der Waals surface area contributed by atoms with E-state index in [1.54, 1.807) is 0 Å². The van der Waals surface area contributed by atoms with Crippen LogP contribution in [0.3, 0.4) is 0 Å². The van der Waals surface area contributed by atoms with Gasteiger partial charge in [-0.15, -0.1) is 12.3 Å². The Morgan fingerprint density at radius 2 is 1.41 bits per heavy atom. The van der Waals surface area contributed by atoms with E-state index >= 15 is 0 Å². The maximum atomic E-state index is 8.00. The van der Waals surface area contributed by atoms with Crippen LogP contribution < -0.4 is 0 Å². The van der Waals surface area contributed by atoms with Crippen molar-refractivity contribution < 1.29 is 9.59 Å². The molecule has 0 saturated carbocycles. The summed E-state index contributed by atoms with van der Waals surface area (Å²) in [5.41, 5.74) is 7.11. The minimum atomic E-state index is 0.917. The number of hydrogen-bond acceptors (Lipinski definition) is 2. The predicted octanol–water partition coefficient (Wildman–Crippen LogP) is 6.95. The van der Waals surface area contributed by atoms with E-state index in [0.29, 0.717) is 0 Å². The molecule has 0 N–H and O–H groups in total. The Balaban J connectivity index is 0.000000928. The van der Waals surface area contributed by atoms with E-state index in [-0.39, 0.29) is 0 Å². The number of aromatic nitrogens is 1. The first kappa shape index (κ1) is 28.9. The van der Waals surface area contributed by atoms with Crippen molar-refractivity contribution in [2.45, 2.75) is 72.8 Å². The molecular weight excluding hydrogens is 394 g/mol. The number of terminal acetylenes is 1. The molecule has 3 rings (SSSR count). The number of hydrogen-bond donors (Lipinski definition) is 0. The number of carbonyl (C=O) groups excluding carboxylic acids is 2.